The average Bonchev–Trinajstić information content (AvgIpc) is 2.25. The Labute approximate surface area is 97.5 Å². The number of nitrogens with two attached hydrogens (primary N) is 1. The van der Waals surface area contributed by atoms with E-state index >= 15 is 0 Å². The van der Waals surface area contributed by atoms with E-state index in [2.05, 4.69) is 9.98 Å². The van der Waals surface area contributed by atoms with Crippen LogP contribution in [0.1, 0.15) is 12.5 Å². The highest BCUT2D eigenvalue weighted by Gasteiger charge is 2.12. The van der Waals surface area contributed by atoms with Crippen LogP contribution in [0.2, 0.25) is 0 Å². The first-order valence-corrected chi connectivity index (χ1v) is 4.79. The molecule has 0 saturated heterocycles. The molecule has 0 aliphatic rings. The van der Waals surface area contributed by atoms with Crippen LogP contribution in [0.5, 0.6) is 0 Å². The van der Waals surface area contributed by atoms with Gasteiger partial charge >= 0.3 is 5.97 Å². The van der Waals surface area contributed by atoms with Gasteiger partial charge in [0, 0.05) is 12.4 Å². The third-order valence-corrected chi connectivity index (χ3v) is 2.12. The molecule has 1 rings (SSSR count). The third kappa shape index (κ3) is 2.87. The minimum absolute atomic E-state index is 0.0944. The summed E-state index contributed by atoms with van der Waals surface area (Å²) in [4.78, 5) is 18.3. The lowest BCUT2D eigenvalue weighted by Gasteiger charge is -2.02. The normalized spacial score (nSPS) is 12.6. The molecule has 0 amide bonds. The Bertz CT molecular complexity index is 509. The maximum atomic E-state index is 13.6. The number of carboxylic acids is 1. The van der Waals surface area contributed by atoms with Gasteiger partial charge in [-0.05, 0) is 25.5 Å². The summed E-state index contributed by atoms with van der Waals surface area (Å²) >= 11 is 0. The standard InChI is InChI=1S/C11H12FN3O2/c1-6-3-4-14-10(9(6)12)15-7(2)8(5-13)11(16)17/h3-5H,13H2,1-2H3,(H,16,17). The van der Waals surface area contributed by atoms with Crippen LogP contribution < -0.4 is 5.73 Å². The number of pyridine rings is 1. The molecule has 1 aromatic rings. The van der Waals surface area contributed by atoms with Crippen molar-refractivity contribution >= 4 is 17.5 Å². The highest BCUT2D eigenvalue weighted by atomic mass is 19.1. The molecule has 0 unspecified atom stereocenters. The van der Waals surface area contributed by atoms with E-state index in [-0.39, 0.29) is 17.1 Å². The van der Waals surface area contributed by atoms with Crippen molar-refractivity contribution in [1.29, 1.82) is 0 Å². The SMILES string of the molecule is CC(=Nc1nccc(C)c1F)C(=CN)C(=O)O. The van der Waals surface area contributed by atoms with E-state index in [4.69, 9.17) is 10.8 Å². The zero-order valence-electron chi connectivity index (χ0n) is 9.44. The number of aromatic nitrogens is 1. The van der Waals surface area contributed by atoms with Gasteiger partial charge in [0.25, 0.3) is 0 Å². The fraction of sp³-hybridized carbons (Fsp3) is 0.182. The van der Waals surface area contributed by atoms with E-state index in [0.29, 0.717) is 5.56 Å². The molecule has 90 valence electrons. The quantitative estimate of drug-likeness (QED) is 0.616. The Balaban J connectivity index is 3.19. The van der Waals surface area contributed by atoms with Gasteiger partial charge < -0.3 is 10.8 Å². The number of carbonyl (C=O) groups is 1. The molecule has 0 fully saturated rings. The third-order valence-electron chi connectivity index (χ3n) is 2.12. The van der Waals surface area contributed by atoms with Crippen LogP contribution in [0.4, 0.5) is 10.2 Å². The fourth-order valence-electron chi connectivity index (χ4n) is 1.17. The maximum absolute atomic E-state index is 13.6. The van der Waals surface area contributed by atoms with Crippen molar-refractivity contribution in [3.8, 4) is 0 Å². The van der Waals surface area contributed by atoms with E-state index in [0.717, 1.165) is 6.20 Å². The topological polar surface area (TPSA) is 88.6 Å². The van der Waals surface area contributed by atoms with Crippen molar-refractivity contribution in [1.82, 2.24) is 4.98 Å². The first kappa shape index (κ1) is 12.8. The van der Waals surface area contributed by atoms with Crippen molar-refractivity contribution in [3.05, 3.63) is 35.4 Å². The van der Waals surface area contributed by atoms with Gasteiger partial charge in [0.15, 0.2) is 11.6 Å². The molecule has 0 atom stereocenters. The molecule has 1 aromatic heterocycles. The molecule has 3 N–H and O–H groups in total. The van der Waals surface area contributed by atoms with E-state index in [1.54, 1.807) is 6.92 Å². The van der Waals surface area contributed by atoms with Crippen LogP contribution in [0.3, 0.4) is 0 Å². The van der Waals surface area contributed by atoms with Crippen molar-refractivity contribution in [2.24, 2.45) is 10.7 Å². The number of carboxylic acid groups (broad SMARTS) is 1. The Kier molecular flexibility index (Phi) is 3.92. The Hall–Kier alpha value is -2.24. The smallest absolute Gasteiger partial charge is 0.339 e. The summed E-state index contributed by atoms with van der Waals surface area (Å²) in [6.07, 6.45) is 2.31. The molecule has 6 heteroatoms. The Morgan fingerprint density at radius 3 is 2.82 bits per heavy atom. The summed E-state index contributed by atoms with van der Waals surface area (Å²) in [5.74, 6) is -1.95. The largest absolute Gasteiger partial charge is 0.478 e. The second kappa shape index (κ2) is 5.20. The number of aliphatic carboxylic acids is 1. The van der Waals surface area contributed by atoms with Crippen molar-refractivity contribution in [2.75, 3.05) is 0 Å². The molecule has 0 aromatic carbocycles. The van der Waals surface area contributed by atoms with Crippen LogP contribution in [-0.4, -0.2) is 21.8 Å². The van der Waals surface area contributed by atoms with Gasteiger partial charge in [-0.25, -0.2) is 19.2 Å². The van der Waals surface area contributed by atoms with Crippen LogP contribution >= 0.6 is 0 Å². The van der Waals surface area contributed by atoms with Gasteiger partial charge in [0.2, 0.25) is 0 Å². The molecule has 0 saturated carbocycles. The van der Waals surface area contributed by atoms with Crippen LogP contribution in [0.25, 0.3) is 0 Å². The van der Waals surface area contributed by atoms with Crippen molar-refractivity contribution < 1.29 is 14.3 Å². The first-order chi connectivity index (χ1) is 7.97. The zero-order valence-corrected chi connectivity index (χ0v) is 9.44. The molecule has 1 heterocycles. The number of rotatable bonds is 3. The predicted octanol–water partition coefficient (Wildman–Crippen LogP) is 1.55. The van der Waals surface area contributed by atoms with Gasteiger partial charge in [-0.15, -0.1) is 0 Å². The highest BCUT2D eigenvalue weighted by Crippen LogP contribution is 2.18. The monoisotopic (exact) mass is 237 g/mol. The second-order valence-corrected chi connectivity index (χ2v) is 3.35. The molecule has 0 bridgehead atoms. The molecule has 0 aliphatic heterocycles. The van der Waals surface area contributed by atoms with Gasteiger partial charge in [-0.2, -0.15) is 0 Å². The molecule has 0 aliphatic carbocycles. The summed E-state index contributed by atoms with van der Waals surface area (Å²) in [7, 11) is 0. The Morgan fingerprint density at radius 1 is 1.65 bits per heavy atom. The van der Waals surface area contributed by atoms with E-state index in [1.165, 1.54) is 19.2 Å². The van der Waals surface area contributed by atoms with Gasteiger partial charge in [-0.1, -0.05) is 0 Å². The molecule has 0 spiro atoms. The summed E-state index contributed by atoms with van der Waals surface area (Å²) < 4.78 is 13.6. The van der Waals surface area contributed by atoms with Gasteiger partial charge in [0.1, 0.15) is 0 Å². The zero-order chi connectivity index (χ0) is 13.0. The minimum Gasteiger partial charge on any atom is -0.478 e. The van der Waals surface area contributed by atoms with E-state index in [1.807, 2.05) is 0 Å². The van der Waals surface area contributed by atoms with Crippen LogP contribution in [-0.2, 0) is 4.79 Å². The lowest BCUT2D eigenvalue weighted by molar-refractivity contribution is -0.132. The molecular formula is C11H12FN3O2. The molecule has 17 heavy (non-hydrogen) atoms. The van der Waals surface area contributed by atoms with E-state index < -0.39 is 11.8 Å². The van der Waals surface area contributed by atoms with Crippen LogP contribution in [0, 0.1) is 12.7 Å². The Morgan fingerprint density at radius 2 is 2.29 bits per heavy atom. The number of nitrogens with zero attached hydrogens (tertiary/aromatic N) is 2. The summed E-state index contributed by atoms with van der Waals surface area (Å²) in [5, 5.41) is 8.80. The van der Waals surface area contributed by atoms with Crippen molar-refractivity contribution in [2.45, 2.75) is 13.8 Å². The number of hydrogen-bond donors (Lipinski definition) is 2. The number of hydrogen-bond acceptors (Lipinski definition) is 4. The molecule has 0 radical (unpaired) electrons. The number of aryl methyl sites for hydroxylation is 1. The molecule has 5 nitrogen and oxygen atoms in total. The minimum atomic E-state index is -1.22. The summed E-state index contributed by atoms with van der Waals surface area (Å²) in [6.45, 7) is 3.00. The predicted molar refractivity (Wildman–Crippen MR) is 61.6 cm³/mol. The van der Waals surface area contributed by atoms with Gasteiger partial charge in [0.05, 0.1) is 11.3 Å². The second-order valence-electron chi connectivity index (χ2n) is 3.35. The van der Waals surface area contributed by atoms with Gasteiger partial charge in [-0.3, -0.25) is 0 Å². The average molecular weight is 237 g/mol. The fourth-order valence-corrected chi connectivity index (χ4v) is 1.17. The van der Waals surface area contributed by atoms with E-state index in [9.17, 15) is 9.18 Å². The first-order valence-electron chi connectivity index (χ1n) is 4.79. The number of aliphatic imine (C=N–C) groups is 1. The summed E-state index contributed by atoms with van der Waals surface area (Å²) in [5.41, 5.74) is 5.45. The molecular weight excluding hydrogens is 225 g/mol. The van der Waals surface area contributed by atoms with Crippen molar-refractivity contribution in [3.63, 3.8) is 0 Å². The maximum Gasteiger partial charge on any atom is 0.339 e. The van der Waals surface area contributed by atoms with Crippen LogP contribution in [0.15, 0.2) is 29.0 Å². The lowest BCUT2D eigenvalue weighted by atomic mass is 10.2. The number of halogens is 1. The lowest BCUT2D eigenvalue weighted by Crippen LogP contribution is -2.11. The highest BCUT2D eigenvalue weighted by molar-refractivity contribution is 6.18. The summed E-state index contributed by atoms with van der Waals surface area (Å²) in [6, 6.07) is 1.50.